The molecule has 0 N–H and O–H groups in total. The third kappa shape index (κ3) is 4.00. The average Bonchev–Trinajstić information content (AvgIpc) is 3.55. The summed E-state index contributed by atoms with van der Waals surface area (Å²) in [7, 11) is 0. The van der Waals surface area contributed by atoms with E-state index in [4.69, 9.17) is 4.74 Å². The molecule has 1 aromatic heterocycles. The zero-order chi connectivity index (χ0) is 21.5. The number of hydrogen-bond donors (Lipinski definition) is 0. The predicted octanol–water partition coefficient (Wildman–Crippen LogP) is 4.37. The van der Waals surface area contributed by atoms with Crippen molar-refractivity contribution in [1.82, 2.24) is 9.47 Å². The van der Waals surface area contributed by atoms with Crippen molar-refractivity contribution in [2.45, 2.75) is 38.8 Å². The maximum absolute atomic E-state index is 12.8. The maximum Gasteiger partial charge on any atom is 0.254 e. The van der Waals surface area contributed by atoms with Crippen LogP contribution >= 0.6 is 0 Å². The van der Waals surface area contributed by atoms with Gasteiger partial charge in [0.1, 0.15) is 11.9 Å². The molecule has 158 valence electrons. The molecule has 0 atom stereocenters. The smallest absolute Gasteiger partial charge is 0.254 e. The Hall–Kier alpha value is -3.34. The topological polar surface area (TPSA) is 51.5 Å². The second kappa shape index (κ2) is 7.73. The van der Waals surface area contributed by atoms with Crippen LogP contribution in [0.5, 0.6) is 5.75 Å². The van der Waals surface area contributed by atoms with E-state index in [1.807, 2.05) is 41.8 Å². The normalized spacial score (nSPS) is 16.1. The fourth-order valence-corrected chi connectivity index (χ4v) is 4.16. The molecule has 5 rings (SSSR count). The first-order chi connectivity index (χ1) is 15.0. The van der Waals surface area contributed by atoms with Crippen LogP contribution in [0.2, 0.25) is 0 Å². The van der Waals surface area contributed by atoms with Crippen LogP contribution < -0.4 is 10.3 Å². The molecule has 1 saturated carbocycles. The Kier molecular flexibility index (Phi) is 4.89. The minimum absolute atomic E-state index is 0.00146. The zero-order valence-electron chi connectivity index (χ0n) is 17.9. The largest absolute Gasteiger partial charge is 0.486 e. The number of likely N-dealkylation sites (tertiary alicyclic amines) is 1. The molecule has 3 aromatic rings. The Morgan fingerprint density at radius 3 is 2.10 bits per heavy atom. The second-order valence-electron chi connectivity index (χ2n) is 8.67. The van der Waals surface area contributed by atoms with Crippen molar-refractivity contribution in [2.24, 2.45) is 0 Å². The number of aryl methyl sites for hydroxylation is 2. The third-order valence-electron chi connectivity index (χ3n) is 6.10. The Morgan fingerprint density at radius 1 is 0.903 bits per heavy atom. The molecule has 1 saturated heterocycles. The third-order valence-corrected chi connectivity index (χ3v) is 6.10. The number of benzene rings is 2. The fourth-order valence-electron chi connectivity index (χ4n) is 4.16. The summed E-state index contributed by atoms with van der Waals surface area (Å²) in [5, 5.41) is 0. The number of carbonyl (C=O) groups excluding carboxylic acids is 1. The van der Waals surface area contributed by atoms with Crippen LogP contribution in [0.1, 0.15) is 40.5 Å². The number of rotatable bonds is 5. The number of carbonyl (C=O) groups is 1. The first-order valence-corrected chi connectivity index (χ1v) is 10.8. The van der Waals surface area contributed by atoms with E-state index in [0.29, 0.717) is 30.4 Å². The predicted molar refractivity (Wildman–Crippen MR) is 121 cm³/mol. The summed E-state index contributed by atoms with van der Waals surface area (Å²) in [6, 6.07) is 20.0. The van der Waals surface area contributed by atoms with E-state index in [-0.39, 0.29) is 17.6 Å². The molecule has 1 aliphatic carbocycles. The van der Waals surface area contributed by atoms with Gasteiger partial charge in [-0.3, -0.25) is 9.59 Å². The number of hydrogen-bond acceptors (Lipinski definition) is 3. The second-order valence-corrected chi connectivity index (χ2v) is 8.67. The Morgan fingerprint density at radius 2 is 1.52 bits per heavy atom. The molecular formula is C26H26N2O3. The molecule has 2 heterocycles. The molecule has 2 aromatic carbocycles. The molecule has 5 nitrogen and oxygen atoms in total. The summed E-state index contributed by atoms with van der Waals surface area (Å²) in [5.41, 5.74) is 5.07. The summed E-state index contributed by atoms with van der Waals surface area (Å²) < 4.78 is 7.81. The average molecular weight is 415 g/mol. The molecular weight excluding hydrogens is 388 g/mol. The highest BCUT2D eigenvalue weighted by atomic mass is 16.5. The molecule has 2 fully saturated rings. The van der Waals surface area contributed by atoms with Crippen LogP contribution in [-0.2, 0) is 0 Å². The number of ether oxygens (including phenoxy) is 1. The maximum atomic E-state index is 12.8. The van der Waals surface area contributed by atoms with E-state index >= 15 is 0 Å². The van der Waals surface area contributed by atoms with Gasteiger partial charge in [-0.25, -0.2) is 0 Å². The van der Waals surface area contributed by atoms with Crippen molar-refractivity contribution in [3.8, 4) is 16.9 Å². The Labute approximate surface area is 181 Å². The molecule has 31 heavy (non-hydrogen) atoms. The quantitative estimate of drug-likeness (QED) is 0.623. The summed E-state index contributed by atoms with van der Waals surface area (Å²) in [5.74, 6) is 0.606. The molecule has 2 aliphatic rings. The minimum atomic E-state index is -0.0774. The van der Waals surface area contributed by atoms with Crippen molar-refractivity contribution in [3.05, 3.63) is 87.8 Å². The number of amides is 1. The van der Waals surface area contributed by atoms with Crippen LogP contribution in [0.25, 0.3) is 11.1 Å². The first-order valence-electron chi connectivity index (χ1n) is 10.8. The molecule has 0 bridgehead atoms. The number of pyridine rings is 1. The van der Waals surface area contributed by atoms with Gasteiger partial charge >= 0.3 is 0 Å². The molecule has 0 unspecified atom stereocenters. The van der Waals surface area contributed by atoms with E-state index < -0.39 is 0 Å². The summed E-state index contributed by atoms with van der Waals surface area (Å²) >= 11 is 0. The highest BCUT2D eigenvalue weighted by Gasteiger charge is 2.33. The van der Waals surface area contributed by atoms with Crippen molar-refractivity contribution in [2.75, 3.05) is 13.1 Å². The lowest BCUT2D eigenvalue weighted by Gasteiger charge is -2.39. The highest BCUT2D eigenvalue weighted by Crippen LogP contribution is 2.35. The van der Waals surface area contributed by atoms with E-state index in [0.717, 1.165) is 29.7 Å². The van der Waals surface area contributed by atoms with Crippen LogP contribution in [0.3, 0.4) is 0 Å². The van der Waals surface area contributed by atoms with Crippen LogP contribution in [0, 0.1) is 13.8 Å². The van der Waals surface area contributed by atoms with E-state index in [9.17, 15) is 9.59 Å². The van der Waals surface area contributed by atoms with Crippen LogP contribution in [-0.4, -0.2) is 34.6 Å². The highest BCUT2D eigenvalue weighted by molar-refractivity contribution is 5.95. The lowest BCUT2D eigenvalue weighted by Crippen LogP contribution is -2.56. The van der Waals surface area contributed by atoms with E-state index in [1.54, 1.807) is 11.0 Å². The zero-order valence-corrected chi connectivity index (χ0v) is 17.9. The van der Waals surface area contributed by atoms with Gasteiger partial charge in [-0.2, -0.15) is 0 Å². The van der Waals surface area contributed by atoms with Gasteiger partial charge in [0.15, 0.2) is 0 Å². The summed E-state index contributed by atoms with van der Waals surface area (Å²) in [4.78, 5) is 26.9. The lowest BCUT2D eigenvalue weighted by molar-refractivity contribution is 0.0176. The van der Waals surface area contributed by atoms with E-state index in [2.05, 4.69) is 31.2 Å². The van der Waals surface area contributed by atoms with Crippen LogP contribution in [0.4, 0.5) is 0 Å². The van der Waals surface area contributed by atoms with Gasteiger partial charge in [0.2, 0.25) is 0 Å². The first kappa shape index (κ1) is 19.6. The van der Waals surface area contributed by atoms with Crippen molar-refractivity contribution in [1.29, 1.82) is 0 Å². The van der Waals surface area contributed by atoms with Gasteiger partial charge in [-0.15, -0.1) is 0 Å². The van der Waals surface area contributed by atoms with E-state index in [1.165, 1.54) is 5.56 Å². The summed E-state index contributed by atoms with van der Waals surface area (Å²) in [6.45, 7) is 5.08. The summed E-state index contributed by atoms with van der Waals surface area (Å²) in [6.07, 6.45) is 2.07. The van der Waals surface area contributed by atoms with Crippen LogP contribution in [0.15, 0.2) is 65.5 Å². The van der Waals surface area contributed by atoms with Crippen molar-refractivity contribution >= 4 is 5.91 Å². The molecule has 1 aliphatic heterocycles. The van der Waals surface area contributed by atoms with Gasteiger partial charge in [0, 0.05) is 23.4 Å². The van der Waals surface area contributed by atoms with Gasteiger partial charge in [-0.05, 0) is 56.0 Å². The standard InChI is InChI=1S/C26H26N2O3/c1-17-3-5-19(6-4-17)20-7-9-21(10-8-20)26(30)27-15-24(16-27)31-23-13-18(2)28(22-11-12-22)25(29)14-23/h3-10,13-14,22,24H,11-12,15-16H2,1-2H3. The van der Waals surface area contributed by atoms with Gasteiger partial charge in [0.05, 0.1) is 13.1 Å². The minimum Gasteiger partial charge on any atom is -0.486 e. The van der Waals surface area contributed by atoms with Crippen molar-refractivity contribution in [3.63, 3.8) is 0 Å². The van der Waals surface area contributed by atoms with Crippen molar-refractivity contribution < 1.29 is 9.53 Å². The monoisotopic (exact) mass is 414 g/mol. The lowest BCUT2D eigenvalue weighted by atomic mass is 10.0. The van der Waals surface area contributed by atoms with Gasteiger partial charge in [0.25, 0.3) is 11.5 Å². The Bertz CT molecular complexity index is 1170. The molecule has 0 spiro atoms. The Balaban J connectivity index is 1.19. The molecule has 0 radical (unpaired) electrons. The van der Waals surface area contributed by atoms with Gasteiger partial charge < -0.3 is 14.2 Å². The SMILES string of the molecule is Cc1ccc(-c2ccc(C(=O)N3CC(Oc4cc(C)n(C5CC5)c(=O)c4)C3)cc2)cc1. The number of aromatic nitrogens is 1. The molecule has 1 amide bonds. The fraction of sp³-hybridized carbons (Fsp3) is 0.308. The number of nitrogens with zero attached hydrogens (tertiary/aromatic N) is 2. The molecule has 5 heteroatoms. The van der Waals surface area contributed by atoms with Gasteiger partial charge in [-0.1, -0.05) is 42.0 Å².